The molecule has 0 unspecified atom stereocenters. The summed E-state index contributed by atoms with van der Waals surface area (Å²) in [5, 5.41) is 0. The van der Waals surface area contributed by atoms with Crippen molar-refractivity contribution in [3.8, 4) is 0 Å². The molecule has 0 saturated carbocycles. The number of unbranched alkanes of at least 4 members (excludes halogenated alkanes) is 10. The molecular weight excluding hydrogens is 911 g/mol. The third kappa shape index (κ3) is 26.2. The van der Waals surface area contributed by atoms with Crippen LogP contribution in [0.4, 0.5) is 43.9 Å². The lowest BCUT2D eigenvalue weighted by Gasteiger charge is -1.98. The molecule has 0 aromatic heterocycles. The van der Waals surface area contributed by atoms with Crippen LogP contribution in [0.1, 0.15) is 159 Å². The largest absolute Gasteiger partial charge is 0.204 e. The van der Waals surface area contributed by atoms with E-state index < -0.39 is 58.2 Å². The summed E-state index contributed by atoms with van der Waals surface area (Å²) in [6.07, 6.45) is 33.3. The molecule has 0 bridgehead atoms. The Morgan fingerprint density at radius 2 is 0.529 bits per heavy atom. The van der Waals surface area contributed by atoms with Crippen LogP contribution in [0.3, 0.4) is 0 Å². The van der Waals surface area contributed by atoms with Gasteiger partial charge in [-0.1, -0.05) is 207 Å². The van der Waals surface area contributed by atoms with Crippen LogP contribution in [0.5, 0.6) is 0 Å². The lowest BCUT2D eigenvalue weighted by Crippen LogP contribution is -1.86. The first-order valence-corrected chi connectivity index (χ1v) is 24.3. The highest BCUT2D eigenvalue weighted by Crippen LogP contribution is 2.18. The summed E-state index contributed by atoms with van der Waals surface area (Å²) in [6.45, 7) is 10.4. The van der Waals surface area contributed by atoms with Crippen LogP contribution in [0.25, 0.3) is 30.4 Å². The van der Waals surface area contributed by atoms with Crippen molar-refractivity contribution < 1.29 is 43.9 Å². The SMILES string of the molecule is CCC=Cc1cccc(F)c1F.CCCC=Cc1cccc(F)c1F.CCCCC=Cc1cccc(F)c1F.CCCCCC=Cc1cccc(F)c1F.CCCCCCC=Cc1cccc(F)c1F. The van der Waals surface area contributed by atoms with Crippen LogP contribution in [0, 0.1) is 58.2 Å². The second-order valence-electron chi connectivity index (χ2n) is 15.9. The third-order valence-corrected chi connectivity index (χ3v) is 10.0. The van der Waals surface area contributed by atoms with Crippen molar-refractivity contribution in [3.63, 3.8) is 0 Å². The molecule has 380 valence electrons. The van der Waals surface area contributed by atoms with Crippen molar-refractivity contribution in [3.05, 3.63) is 207 Å². The van der Waals surface area contributed by atoms with Crippen molar-refractivity contribution in [2.45, 2.75) is 131 Å². The highest BCUT2D eigenvalue weighted by Gasteiger charge is 2.07. The predicted octanol–water partition coefficient (Wildman–Crippen LogP) is 20.8. The van der Waals surface area contributed by atoms with E-state index in [4.69, 9.17) is 0 Å². The summed E-state index contributed by atoms with van der Waals surface area (Å²) in [5.74, 6) is -7.78. The summed E-state index contributed by atoms with van der Waals surface area (Å²) in [6, 6.07) is 21.0. The summed E-state index contributed by atoms with van der Waals surface area (Å²) >= 11 is 0. The summed E-state index contributed by atoms with van der Waals surface area (Å²) < 4.78 is 129. The molecule has 0 fully saturated rings. The smallest absolute Gasteiger partial charge is 0.166 e. The molecule has 0 nitrogen and oxygen atoms in total. The second kappa shape index (κ2) is 38.9. The standard InChI is InChI=1S/C14H18F2.C13H16F2.C12H14F2.C11H12F2.C10H10F2/c1-2-3-4-5-6-7-9-12-10-8-11-13(15)14(12)16;1-2-3-4-5-6-8-11-9-7-10-12(14)13(11)15;1-2-3-4-5-7-10-8-6-9-11(13)12(10)14;1-2-3-4-6-9-7-5-8-10(12)11(9)13;1-2-3-5-8-6-4-7-9(11)10(8)12/h7-11H,2-6H2,1H3;6-10H,2-5H2,1H3;5-9H,2-4H2,1H3;4-8H,2-3H2,1H3;3-7H,2H2,1H3. The van der Waals surface area contributed by atoms with E-state index in [1.54, 1.807) is 66.8 Å². The fourth-order valence-corrected chi connectivity index (χ4v) is 6.02. The van der Waals surface area contributed by atoms with E-state index in [9.17, 15) is 43.9 Å². The van der Waals surface area contributed by atoms with Gasteiger partial charge in [-0.15, -0.1) is 0 Å². The quantitative estimate of drug-likeness (QED) is 0.0538. The molecule has 0 spiro atoms. The van der Waals surface area contributed by atoms with Gasteiger partial charge in [0.2, 0.25) is 0 Å². The summed E-state index contributed by atoms with van der Waals surface area (Å²) in [7, 11) is 0. The first-order valence-electron chi connectivity index (χ1n) is 24.3. The minimum absolute atomic E-state index is 0.303. The topological polar surface area (TPSA) is 0 Å². The van der Waals surface area contributed by atoms with Gasteiger partial charge in [0, 0.05) is 27.8 Å². The molecular formula is C60H70F10. The van der Waals surface area contributed by atoms with Gasteiger partial charge in [-0.25, -0.2) is 43.9 Å². The fraction of sp³-hybridized carbons (Fsp3) is 0.333. The minimum atomic E-state index is -0.798. The molecule has 0 N–H and O–H groups in total. The maximum Gasteiger partial charge on any atom is 0.166 e. The molecule has 10 heteroatoms. The highest BCUT2D eigenvalue weighted by atomic mass is 19.2. The monoisotopic (exact) mass is 981 g/mol. The Morgan fingerprint density at radius 1 is 0.271 bits per heavy atom. The van der Waals surface area contributed by atoms with E-state index >= 15 is 0 Å². The Balaban J connectivity index is 0.000000439. The predicted molar refractivity (Wildman–Crippen MR) is 275 cm³/mol. The minimum Gasteiger partial charge on any atom is -0.204 e. The molecule has 5 rings (SSSR count). The van der Waals surface area contributed by atoms with Gasteiger partial charge in [-0.05, 0) is 75.3 Å². The van der Waals surface area contributed by atoms with E-state index in [-0.39, 0.29) is 0 Å². The Kier molecular flexibility index (Phi) is 34.5. The van der Waals surface area contributed by atoms with Gasteiger partial charge in [0.05, 0.1) is 0 Å². The van der Waals surface area contributed by atoms with Gasteiger partial charge in [-0.2, -0.15) is 0 Å². The average Bonchev–Trinajstić information content (AvgIpc) is 3.35. The second-order valence-corrected chi connectivity index (χ2v) is 15.9. The molecule has 0 aliphatic heterocycles. The summed E-state index contributed by atoms with van der Waals surface area (Å²) in [5.41, 5.74) is 1.59. The van der Waals surface area contributed by atoms with Crippen LogP contribution in [-0.4, -0.2) is 0 Å². The Labute approximate surface area is 411 Å². The van der Waals surface area contributed by atoms with Crippen molar-refractivity contribution in [1.82, 2.24) is 0 Å². The third-order valence-electron chi connectivity index (χ3n) is 10.0. The number of hydrogen-bond acceptors (Lipinski definition) is 0. The molecule has 0 atom stereocenters. The molecule has 0 amide bonds. The van der Waals surface area contributed by atoms with Crippen LogP contribution in [0.2, 0.25) is 0 Å². The van der Waals surface area contributed by atoms with Gasteiger partial charge >= 0.3 is 0 Å². The molecule has 70 heavy (non-hydrogen) atoms. The first-order chi connectivity index (χ1) is 33.8. The van der Waals surface area contributed by atoms with Crippen LogP contribution < -0.4 is 0 Å². The van der Waals surface area contributed by atoms with E-state index in [1.165, 1.54) is 62.4 Å². The van der Waals surface area contributed by atoms with Crippen LogP contribution in [0.15, 0.2) is 121 Å². The average molecular weight is 981 g/mol. The van der Waals surface area contributed by atoms with Gasteiger partial charge in [-0.3, -0.25) is 0 Å². The Hall–Kier alpha value is -5.90. The Bertz CT molecular complexity index is 2340. The van der Waals surface area contributed by atoms with Crippen LogP contribution >= 0.6 is 0 Å². The van der Waals surface area contributed by atoms with Crippen molar-refractivity contribution in [1.29, 1.82) is 0 Å². The molecule has 0 saturated heterocycles. The lowest BCUT2D eigenvalue weighted by molar-refractivity contribution is 0.507. The number of allylic oxidation sites excluding steroid dienone is 5. The van der Waals surface area contributed by atoms with Gasteiger partial charge < -0.3 is 0 Å². The summed E-state index contributed by atoms with van der Waals surface area (Å²) in [4.78, 5) is 0. The maximum atomic E-state index is 13.2. The molecule has 5 aromatic rings. The number of hydrogen-bond donors (Lipinski definition) is 0. The molecule has 0 aliphatic rings. The van der Waals surface area contributed by atoms with E-state index in [0.29, 0.717) is 27.8 Å². The zero-order valence-corrected chi connectivity index (χ0v) is 41.3. The molecule has 0 heterocycles. The van der Waals surface area contributed by atoms with Gasteiger partial charge in [0.1, 0.15) is 0 Å². The van der Waals surface area contributed by atoms with E-state index in [1.807, 2.05) is 38.2 Å². The van der Waals surface area contributed by atoms with Crippen molar-refractivity contribution in [2.24, 2.45) is 0 Å². The van der Waals surface area contributed by atoms with E-state index in [0.717, 1.165) is 94.5 Å². The van der Waals surface area contributed by atoms with Gasteiger partial charge in [0.15, 0.2) is 58.2 Å². The zero-order valence-electron chi connectivity index (χ0n) is 41.3. The fourth-order valence-electron chi connectivity index (χ4n) is 6.02. The van der Waals surface area contributed by atoms with Crippen molar-refractivity contribution in [2.75, 3.05) is 0 Å². The van der Waals surface area contributed by atoms with E-state index in [2.05, 4.69) is 20.8 Å². The number of halogens is 10. The molecule has 0 aliphatic carbocycles. The number of rotatable bonds is 20. The lowest BCUT2D eigenvalue weighted by atomic mass is 10.1. The Morgan fingerprint density at radius 3 is 0.814 bits per heavy atom. The zero-order chi connectivity index (χ0) is 51.9. The van der Waals surface area contributed by atoms with Crippen LogP contribution in [-0.2, 0) is 0 Å². The van der Waals surface area contributed by atoms with Gasteiger partial charge in [0.25, 0.3) is 0 Å². The molecule has 0 radical (unpaired) electrons. The maximum absolute atomic E-state index is 13.2. The highest BCUT2D eigenvalue weighted by molar-refractivity contribution is 5.52. The normalized spacial score (nSPS) is 11.1. The molecule has 5 aromatic carbocycles. The van der Waals surface area contributed by atoms with Crippen molar-refractivity contribution >= 4 is 30.4 Å². The first kappa shape index (κ1) is 62.1. The number of benzene rings is 5.